The molecular formula is C8H18O4Si. The van der Waals surface area contributed by atoms with E-state index in [0.717, 1.165) is 5.57 Å². The zero-order valence-electron chi connectivity index (χ0n) is 8.75. The van der Waals surface area contributed by atoms with Crippen molar-refractivity contribution in [1.82, 2.24) is 0 Å². The molecule has 0 bridgehead atoms. The Morgan fingerprint density at radius 2 is 1.62 bits per heavy atom. The summed E-state index contributed by atoms with van der Waals surface area (Å²) in [6.07, 6.45) is 0.351. The van der Waals surface area contributed by atoms with Gasteiger partial charge in [-0.25, -0.2) is 0 Å². The Morgan fingerprint density at radius 1 is 1.15 bits per heavy atom. The molecule has 0 atom stereocenters. The second-order valence-corrected chi connectivity index (χ2v) is 5.62. The third-order valence-electron chi connectivity index (χ3n) is 1.56. The number of hydrogen-bond acceptors (Lipinski definition) is 4. The van der Waals surface area contributed by atoms with E-state index in [-0.39, 0.29) is 0 Å². The van der Waals surface area contributed by atoms with Crippen LogP contribution in [0.25, 0.3) is 0 Å². The van der Waals surface area contributed by atoms with Crippen LogP contribution in [0.4, 0.5) is 0 Å². The van der Waals surface area contributed by atoms with Crippen LogP contribution in [0.5, 0.6) is 0 Å². The first kappa shape index (κ1) is 12.8. The fourth-order valence-electron chi connectivity index (χ4n) is 0.777. The number of ether oxygens (including phenoxy) is 1. The summed E-state index contributed by atoms with van der Waals surface area (Å²) < 4.78 is 20.8. The number of rotatable bonds is 7. The van der Waals surface area contributed by atoms with E-state index in [9.17, 15) is 0 Å². The fraction of sp³-hybridized carbons (Fsp3) is 0.750. The third kappa shape index (κ3) is 4.54. The van der Waals surface area contributed by atoms with Crippen molar-refractivity contribution in [2.45, 2.75) is 6.92 Å². The predicted octanol–water partition coefficient (Wildman–Crippen LogP) is 0.996. The molecule has 0 aromatic carbocycles. The predicted molar refractivity (Wildman–Crippen MR) is 52.4 cm³/mol. The second kappa shape index (κ2) is 6.28. The Balaban J connectivity index is 3.88. The lowest BCUT2D eigenvalue weighted by molar-refractivity contribution is 0.0704. The summed E-state index contributed by atoms with van der Waals surface area (Å²) in [5.74, 6) is 0. The standard InChI is InChI=1S/C8H18O4Si/c1-8(2)6-12-7-13(9-3,10-4)11-5/h1,6-7H2,2-5H3. The van der Waals surface area contributed by atoms with E-state index < -0.39 is 8.80 Å². The largest absolute Gasteiger partial charge is 0.527 e. The van der Waals surface area contributed by atoms with Gasteiger partial charge in [-0.05, 0) is 6.92 Å². The quantitative estimate of drug-likeness (QED) is 0.460. The minimum Gasteiger partial charge on any atom is -0.375 e. The molecule has 0 aliphatic rings. The van der Waals surface area contributed by atoms with Crippen molar-refractivity contribution >= 4 is 8.80 Å². The van der Waals surface area contributed by atoms with Gasteiger partial charge in [0.2, 0.25) is 0 Å². The van der Waals surface area contributed by atoms with Crippen molar-refractivity contribution in [2.75, 3.05) is 34.2 Å². The van der Waals surface area contributed by atoms with Gasteiger partial charge in [0.15, 0.2) is 0 Å². The van der Waals surface area contributed by atoms with E-state index in [1.54, 1.807) is 21.3 Å². The van der Waals surface area contributed by atoms with Gasteiger partial charge < -0.3 is 18.0 Å². The molecule has 0 amide bonds. The van der Waals surface area contributed by atoms with Gasteiger partial charge in [0, 0.05) is 21.3 Å². The van der Waals surface area contributed by atoms with Crippen LogP contribution in [0.15, 0.2) is 12.2 Å². The summed E-state index contributed by atoms with van der Waals surface area (Å²) in [7, 11) is 2.13. The van der Waals surface area contributed by atoms with Crippen LogP contribution in [0, 0.1) is 0 Å². The van der Waals surface area contributed by atoms with Crippen LogP contribution >= 0.6 is 0 Å². The molecule has 0 saturated carbocycles. The molecule has 4 nitrogen and oxygen atoms in total. The Hall–Kier alpha value is -0.203. The lowest BCUT2D eigenvalue weighted by Gasteiger charge is -2.23. The van der Waals surface area contributed by atoms with Crippen LogP contribution in [-0.2, 0) is 18.0 Å². The maximum absolute atomic E-state index is 5.32. The molecule has 0 rings (SSSR count). The monoisotopic (exact) mass is 206 g/mol. The molecule has 0 unspecified atom stereocenters. The molecule has 0 spiro atoms. The molecule has 0 radical (unpaired) electrons. The molecule has 0 saturated heterocycles. The topological polar surface area (TPSA) is 36.9 Å². The summed E-state index contributed by atoms with van der Waals surface area (Å²) in [5.41, 5.74) is 0.964. The van der Waals surface area contributed by atoms with Gasteiger partial charge in [0.1, 0.15) is 6.23 Å². The van der Waals surface area contributed by atoms with Gasteiger partial charge in [0.05, 0.1) is 6.61 Å². The fourth-order valence-corrected chi connectivity index (χ4v) is 1.98. The van der Waals surface area contributed by atoms with Crippen molar-refractivity contribution < 1.29 is 18.0 Å². The molecule has 0 aromatic heterocycles. The van der Waals surface area contributed by atoms with Crippen LogP contribution < -0.4 is 0 Å². The van der Waals surface area contributed by atoms with Gasteiger partial charge in [-0.15, -0.1) is 0 Å². The molecular weight excluding hydrogens is 188 g/mol. The van der Waals surface area contributed by atoms with Gasteiger partial charge in [0.25, 0.3) is 0 Å². The highest BCUT2D eigenvalue weighted by atomic mass is 28.4. The van der Waals surface area contributed by atoms with E-state index in [1.165, 1.54) is 0 Å². The maximum atomic E-state index is 5.32. The highest BCUT2D eigenvalue weighted by molar-refractivity contribution is 6.60. The van der Waals surface area contributed by atoms with Crippen molar-refractivity contribution in [2.24, 2.45) is 0 Å². The SMILES string of the molecule is C=C(C)COC[Si](OC)(OC)OC. The van der Waals surface area contributed by atoms with Crippen LogP contribution in [-0.4, -0.2) is 43.0 Å². The van der Waals surface area contributed by atoms with Gasteiger partial charge in [-0.3, -0.25) is 0 Å². The normalized spacial score (nSPS) is 11.7. The molecule has 0 N–H and O–H groups in total. The Bertz CT molecular complexity index is 148. The van der Waals surface area contributed by atoms with Crippen LogP contribution in [0.2, 0.25) is 0 Å². The highest BCUT2D eigenvalue weighted by Gasteiger charge is 2.38. The van der Waals surface area contributed by atoms with Crippen LogP contribution in [0.1, 0.15) is 6.92 Å². The van der Waals surface area contributed by atoms with E-state index >= 15 is 0 Å². The van der Waals surface area contributed by atoms with Crippen molar-refractivity contribution in [3.63, 3.8) is 0 Å². The van der Waals surface area contributed by atoms with Gasteiger partial charge in [-0.1, -0.05) is 12.2 Å². The summed E-state index contributed by atoms with van der Waals surface area (Å²) in [6.45, 7) is 6.12. The van der Waals surface area contributed by atoms with Crippen molar-refractivity contribution in [3.8, 4) is 0 Å². The lowest BCUT2D eigenvalue weighted by Crippen LogP contribution is -2.48. The molecule has 0 aromatic rings. The molecule has 5 heteroatoms. The molecule has 0 aliphatic heterocycles. The van der Waals surface area contributed by atoms with Crippen molar-refractivity contribution in [1.29, 1.82) is 0 Å². The summed E-state index contributed by atoms with van der Waals surface area (Å²) in [6, 6.07) is 0. The van der Waals surface area contributed by atoms with E-state index in [1.807, 2.05) is 6.92 Å². The molecule has 0 heterocycles. The number of hydrogen-bond donors (Lipinski definition) is 0. The minimum atomic E-state index is -2.55. The van der Waals surface area contributed by atoms with E-state index in [0.29, 0.717) is 12.8 Å². The smallest absolute Gasteiger partial charge is 0.375 e. The Labute approximate surface area is 80.8 Å². The van der Waals surface area contributed by atoms with E-state index in [2.05, 4.69) is 6.58 Å². The van der Waals surface area contributed by atoms with Gasteiger partial charge >= 0.3 is 8.80 Å². The maximum Gasteiger partial charge on any atom is 0.527 e. The average Bonchev–Trinajstić information content (AvgIpc) is 2.13. The van der Waals surface area contributed by atoms with Crippen LogP contribution in [0.3, 0.4) is 0 Å². The first-order valence-corrected chi connectivity index (χ1v) is 5.91. The lowest BCUT2D eigenvalue weighted by atomic mass is 10.4. The summed E-state index contributed by atoms with van der Waals surface area (Å²) in [5, 5.41) is 0. The summed E-state index contributed by atoms with van der Waals surface area (Å²) in [4.78, 5) is 0. The third-order valence-corrected chi connectivity index (χ3v) is 3.98. The highest BCUT2D eigenvalue weighted by Crippen LogP contribution is 2.06. The minimum absolute atomic E-state index is 0.351. The summed E-state index contributed by atoms with van der Waals surface area (Å²) >= 11 is 0. The zero-order chi connectivity index (χ0) is 10.3. The average molecular weight is 206 g/mol. The van der Waals surface area contributed by atoms with Crippen molar-refractivity contribution in [3.05, 3.63) is 12.2 Å². The first-order chi connectivity index (χ1) is 6.10. The molecule has 0 fully saturated rings. The molecule has 78 valence electrons. The van der Waals surface area contributed by atoms with Gasteiger partial charge in [-0.2, -0.15) is 0 Å². The van der Waals surface area contributed by atoms with E-state index in [4.69, 9.17) is 18.0 Å². The molecule has 0 aliphatic carbocycles. The first-order valence-electron chi connectivity index (χ1n) is 3.98. The zero-order valence-corrected chi connectivity index (χ0v) is 9.75. The second-order valence-electron chi connectivity index (χ2n) is 2.75. The molecule has 13 heavy (non-hydrogen) atoms. The Morgan fingerprint density at radius 3 is 1.92 bits per heavy atom. The Kier molecular flexibility index (Phi) is 6.18.